The second-order valence-electron chi connectivity index (χ2n) is 15.6. The summed E-state index contributed by atoms with van der Waals surface area (Å²) in [4.78, 5) is 0. The molecular weight excluding hydrogens is 550 g/mol. The van der Waals surface area contributed by atoms with Gasteiger partial charge in [0.05, 0.1) is 12.2 Å². The van der Waals surface area contributed by atoms with Crippen LogP contribution >= 0.6 is 0 Å². The third-order valence-electron chi connectivity index (χ3n) is 12.9. The fourth-order valence-corrected chi connectivity index (χ4v) is 11.2. The SMILES string of the molecule is CC(C)[C@@H](CC[C@@H](C)[C@H]1CC[C@H]2[C@@H]3[C@H](O)CC4C[C@@H](NCCCNCCCN)CC[C@]4(C)[C@H]3CC[C@]12C)OS(=O)(=O)O. The Balaban J connectivity index is 1.34. The molecule has 0 aromatic heterocycles. The van der Waals surface area contributed by atoms with Crippen molar-refractivity contribution in [1.82, 2.24) is 10.6 Å². The van der Waals surface area contributed by atoms with Crippen molar-refractivity contribution in [2.24, 2.45) is 58.0 Å². The highest BCUT2D eigenvalue weighted by Crippen LogP contribution is 2.68. The van der Waals surface area contributed by atoms with Gasteiger partial charge in [0, 0.05) is 6.04 Å². The molecule has 4 saturated carbocycles. The molecule has 6 N–H and O–H groups in total. The number of nitrogens with two attached hydrogens (primary N) is 1. The van der Waals surface area contributed by atoms with E-state index in [9.17, 15) is 18.1 Å². The lowest BCUT2D eigenvalue weighted by molar-refractivity contribution is -0.167. The van der Waals surface area contributed by atoms with Gasteiger partial charge in [-0.05, 0) is 155 Å². The number of fused-ring (bicyclic) bond motifs is 5. The topological polar surface area (TPSA) is 134 Å². The summed E-state index contributed by atoms with van der Waals surface area (Å²) in [7, 11) is -4.45. The van der Waals surface area contributed by atoms with Crippen LogP contribution in [0.5, 0.6) is 0 Å². The van der Waals surface area contributed by atoms with E-state index < -0.39 is 16.5 Å². The lowest BCUT2D eigenvalue weighted by Gasteiger charge is -2.62. The van der Waals surface area contributed by atoms with Crippen molar-refractivity contribution in [3.8, 4) is 0 Å². The van der Waals surface area contributed by atoms with E-state index in [0.29, 0.717) is 53.4 Å². The third kappa shape index (κ3) is 7.73. The second-order valence-corrected chi connectivity index (χ2v) is 16.6. The van der Waals surface area contributed by atoms with Crippen LogP contribution in [0.1, 0.15) is 112 Å². The summed E-state index contributed by atoms with van der Waals surface area (Å²) >= 11 is 0. The minimum Gasteiger partial charge on any atom is -0.393 e. The summed E-state index contributed by atoms with van der Waals surface area (Å²) in [5.41, 5.74) is 6.13. The average molecular weight is 614 g/mol. The summed E-state index contributed by atoms with van der Waals surface area (Å²) in [5, 5.41) is 19.1. The predicted molar refractivity (Wildman–Crippen MR) is 169 cm³/mol. The molecule has 0 radical (unpaired) electrons. The van der Waals surface area contributed by atoms with E-state index in [1.54, 1.807) is 0 Å². The molecule has 0 aliphatic heterocycles. The molecule has 0 aromatic rings. The van der Waals surface area contributed by atoms with Gasteiger partial charge >= 0.3 is 10.4 Å². The van der Waals surface area contributed by atoms with E-state index in [-0.39, 0.29) is 17.4 Å². The van der Waals surface area contributed by atoms with Crippen LogP contribution in [0, 0.1) is 52.3 Å². The molecule has 4 fully saturated rings. The molecule has 4 aliphatic rings. The molecule has 246 valence electrons. The zero-order valence-electron chi connectivity index (χ0n) is 27.2. The van der Waals surface area contributed by atoms with Crippen molar-refractivity contribution in [2.75, 3.05) is 26.2 Å². The maximum absolute atomic E-state index is 11.8. The highest BCUT2D eigenvalue weighted by atomic mass is 32.3. The number of nitrogens with one attached hydrogen (secondary N) is 2. The van der Waals surface area contributed by atoms with Gasteiger partial charge in [0.25, 0.3) is 0 Å². The van der Waals surface area contributed by atoms with Crippen LogP contribution in [0.2, 0.25) is 0 Å². The van der Waals surface area contributed by atoms with Crippen molar-refractivity contribution < 1.29 is 22.3 Å². The zero-order valence-corrected chi connectivity index (χ0v) is 28.0. The van der Waals surface area contributed by atoms with Gasteiger partial charge in [0.1, 0.15) is 0 Å². The Kier molecular flexibility index (Phi) is 11.9. The van der Waals surface area contributed by atoms with E-state index in [2.05, 4.69) is 31.4 Å². The average Bonchev–Trinajstić information content (AvgIpc) is 3.27. The zero-order chi connectivity index (χ0) is 30.7. The van der Waals surface area contributed by atoms with Gasteiger partial charge in [0.15, 0.2) is 0 Å². The normalized spacial score (nSPS) is 39.9. The van der Waals surface area contributed by atoms with E-state index >= 15 is 0 Å². The first-order valence-corrected chi connectivity index (χ1v) is 18.6. The largest absolute Gasteiger partial charge is 0.397 e. The maximum atomic E-state index is 11.8. The monoisotopic (exact) mass is 613 g/mol. The van der Waals surface area contributed by atoms with Gasteiger partial charge < -0.3 is 21.5 Å². The standard InChI is InChI=1S/C33H63N3O5S/c1-22(2)30(41-42(38,39)40)11-8-23(3)26-9-10-27-31-28(13-15-33(26,27)5)32(4)14-12-25(20-24(32)21-29(31)37)36-19-7-18-35-17-6-16-34/h22-31,35-37H,6-21,34H2,1-5H3,(H,38,39,40)/t23-,24?,25+,26-,27+,28+,29-,30-,31+,32+,33-/m1/s1. The van der Waals surface area contributed by atoms with Crippen LogP contribution in [0.15, 0.2) is 0 Å². The van der Waals surface area contributed by atoms with Crippen molar-refractivity contribution >= 4 is 10.4 Å². The molecule has 0 bridgehead atoms. The third-order valence-corrected chi connectivity index (χ3v) is 13.4. The Labute approximate surface area is 257 Å². The Morgan fingerprint density at radius 1 is 0.929 bits per heavy atom. The molecule has 1 unspecified atom stereocenters. The number of rotatable bonds is 15. The van der Waals surface area contributed by atoms with E-state index in [1.165, 1.54) is 44.9 Å². The van der Waals surface area contributed by atoms with Crippen molar-refractivity contribution in [3.63, 3.8) is 0 Å². The molecule has 0 saturated heterocycles. The molecule has 11 atom stereocenters. The first kappa shape index (κ1) is 34.6. The Bertz CT molecular complexity index is 965. The molecule has 0 spiro atoms. The second kappa shape index (κ2) is 14.4. The summed E-state index contributed by atoms with van der Waals surface area (Å²) in [6.45, 7) is 15.1. The van der Waals surface area contributed by atoms with Crippen LogP contribution in [0.3, 0.4) is 0 Å². The molecule has 9 heteroatoms. The molecule has 4 aliphatic carbocycles. The molecule has 0 heterocycles. The predicted octanol–water partition coefficient (Wildman–Crippen LogP) is 5.16. The molecule has 42 heavy (non-hydrogen) atoms. The van der Waals surface area contributed by atoms with Crippen LogP contribution in [0.4, 0.5) is 0 Å². The summed E-state index contributed by atoms with van der Waals surface area (Å²) in [6.07, 6.45) is 12.5. The quantitative estimate of drug-likeness (QED) is 0.126. The number of aliphatic hydroxyl groups excluding tert-OH is 1. The highest BCUT2D eigenvalue weighted by Gasteiger charge is 2.62. The summed E-state index contributed by atoms with van der Waals surface area (Å²) in [6, 6.07) is 0.570. The fraction of sp³-hybridized carbons (Fsp3) is 1.00. The molecular formula is C33H63N3O5S. The fourth-order valence-electron chi connectivity index (χ4n) is 10.5. The first-order valence-electron chi connectivity index (χ1n) is 17.3. The first-order chi connectivity index (χ1) is 19.8. The minimum absolute atomic E-state index is 0.0151. The van der Waals surface area contributed by atoms with Gasteiger partial charge in [-0.1, -0.05) is 34.6 Å². The molecule has 4 rings (SSSR count). The summed E-state index contributed by atoms with van der Waals surface area (Å²) < 4.78 is 37.1. The van der Waals surface area contributed by atoms with Gasteiger partial charge in [-0.25, -0.2) is 4.18 Å². The van der Waals surface area contributed by atoms with E-state index in [4.69, 9.17) is 9.92 Å². The van der Waals surface area contributed by atoms with Crippen LogP contribution in [0.25, 0.3) is 0 Å². The smallest absolute Gasteiger partial charge is 0.393 e. The molecule has 0 amide bonds. The Hall–Kier alpha value is -0.290. The Morgan fingerprint density at radius 2 is 1.62 bits per heavy atom. The van der Waals surface area contributed by atoms with Crippen molar-refractivity contribution in [3.05, 3.63) is 0 Å². The van der Waals surface area contributed by atoms with Gasteiger partial charge in [0.2, 0.25) is 0 Å². The van der Waals surface area contributed by atoms with E-state index in [0.717, 1.165) is 51.9 Å². The van der Waals surface area contributed by atoms with Crippen molar-refractivity contribution in [2.45, 2.75) is 130 Å². The van der Waals surface area contributed by atoms with Gasteiger partial charge in [-0.3, -0.25) is 4.55 Å². The summed E-state index contributed by atoms with van der Waals surface area (Å²) in [5.74, 6) is 3.21. The van der Waals surface area contributed by atoms with Crippen LogP contribution in [-0.4, -0.2) is 62.5 Å². The number of hydrogen-bond donors (Lipinski definition) is 5. The lowest BCUT2D eigenvalue weighted by atomic mass is 9.43. The maximum Gasteiger partial charge on any atom is 0.397 e. The van der Waals surface area contributed by atoms with Gasteiger partial charge in [-0.15, -0.1) is 0 Å². The number of aliphatic hydroxyl groups is 1. The lowest BCUT2D eigenvalue weighted by Crippen LogP contribution is -2.59. The van der Waals surface area contributed by atoms with E-state index in [1.807, 2.05) is 13.8 Å². The minimum atomic E-state index is -4.45. The molecule has 0 aromatic carbocycles. The number of hydrogen-bond acceptors (Lipinski definition) is 7. The van der Waals surface area contributed by atoms with Gasteiger partial charge in [-0.2, -0.15) is 8.42 Å². The Morgan fingerprint density at radius 3 is 2.31 bits per heavy atom. The highest BCUT2D eigenvalue weighted by molar-refractivity contribution is 7.80. The van der Waals surface area contributed by atoms with Crippen molar-refractivity contribution in [1.29, 1.82) is 0 Å². The van der Waals surface area contributed by atoms with Crippen LogP contribution in [-0.2, 0) is 14.6 Å². The van der Waals surface area contributed by atoms with Crippen LogP contribution < -0.4 is 16.4 Å². The molecule has 8 nitrogen and oxygen atoms in total.